The van der Waals surface area contributed by atoms with Crippen molar-refractivity contribution in [3.63, 3.8) is 0 Å². The zero-order valence-corrected chi connectivity index (χ0v) is 22.1. The number of amides is 2. The quantitative estimate of drug-likeness (QED) is 0.250. The first-order valence-electron chi connectivity index (χ1n) is 10.2. The molecule has 0 atom stereocenters. The highest BCUT2D eigenvalue weighted by molar-refractivity contribution is 8.27. The molecule has 4 rings (SSSR count). The maximum absolute atomic E-state index is 13.1. The zero-order chi connectivity index (χ0) is 25.1. The van der Waals surface area contributed by atoms with Crippen molar-refractivity contribution in [3.05, 3.63) is 91.8 Å². The van der Waals surface area contributed by atoms with E-state index in [0.717, 1.165) is 17.3 Å². The fraction of sp³-hybridized carbons (Fsp3) is 0.0800. The molecule has 0 aromatic heterocycles. The molecule has 5 nitrogen and oxygen atoms in total. The van der Waals surface area contributed by atoms with Crippen LogP contribution >= 0.6 is 58.8 Å². The van der Waals surface area contributed by atoms with Crippen LogP contribution in [0, 0.1) is 6.92 Å². The Labute approximate surface area is 227 Å². The summed E-state index contributed by atoms with van der Waals surface area (Å²) in [6.07, 6.45) is 1.68. The summed E-state index contributed by atoms with van der Waals surface area (Å²) in [7, 11) is 0. The largest absolute Gasteiger partial charge is 0.483 e. The first kappa shape index (κ1) is 25.5. The Morgan fingerprint density at radius 3 is 2.57 bits per heavy atom. The summed E-state index contributed by atoms with van der Waals surface area (Å²) in [5, 5.41) is 4.03. The van der Waals surface area contributed by atoms with E-state index in [0.29, 0.717) is 47.0 Å². The van der Waals surface area contributed by atoms with E-state index >= 15 is 0 Å². The van der Waals surface area contributed by atoms with Crippen molar-refractivity contribution < 1.29 is 14.3 Å². The summed E-state index contributed by atoms with van der Waals surface area (Å²) >= 11 is 24.8. The van der Waals surface area contributed by atoms with Crippen LogP contribution in [0.25, 0.3) is 6.08 Å². The van der Waals surface area contributed by atoms with Gasteiger partial charge in [0.1, 0.15) is 5.75 Å². The molecule has 1 saturated heterocycles. The lowest BCUT2D eigenvalue weighted by Crippen LogP contribution is -2.27. The van der Waals surface area contributed by atoms with Crippen molar-refractivity contribution in [2.75, 3.05) is 16.8 Å². The van der Waals surface area contributed by atoms with Crippen molar-refractivity contribution >= 4 is 92.4 Å². The Morgan fingerprint density at radius 2 is 1.83 bits per heavy atom. The number of hydrogen-bond acceptors (Lipinski definition) is 5. The van der Waals surface area contributed by atoms with Crippen molar-refractivity contribution in [1.29, 1.82) is 0 Å². The average molecular weight is 564 g/mol. The second kappa shape index (κ2) is 11.0. The number of nitrogens with zero attached hydrogens (tertiary/aromatic N) is 1. The monoisotopic (exact) mass is 562 g/mol. The second-order valence-electron chi connectivity index (χ2n) is 7.45. The van der Waals surface area contributed by atoms with Crippen LogP contribution in [0.5, 0.6) is 5.75 Å². The molecule has 0 spiro atoms. The van der Waals surface area contributed by atoms with Gasteiger partial charge in [0.05, 0.1) is 20.6 Å². The molecule has 0 unspecified atom stereocenters. The molecular formula is C25H17Cl3N2O3S2. The fourth-order valence-electron chi connectivity index (χ4n) is 3.20. The molecule has 3 aromatic carbocycles. The molecule has 0 bridgehead atoms. The lowest BCUT2D eigenvalue weighted by molar-refractivity contribution is -0.118. The number of para-hydroxylation sites is 1. The summed E-state index contributed by atoms with van der Waals surface area (Å²) in [4.78, 5) is 27.3. The van der Waals surface area contributed by atoms with Gasteiger partial charge < -0.3 is 10.1 Å². The van der Waals surface area contributed by atoms with E-state index in [4.69, 9.17) is 51.8 Å². The van der Waals surface area contributed by atoms with E-state index in [1.54, 1.807) is 54.6 Å². The minimum Gasteiger partial charge on any atom is -0.483 e. The summed E-state index contributed by atoms with van der Waals surface area (Å²) in [5.41, 5.74) is 2.66. The first-order chi connectivity index (χ1) is 16.7. The molecule has 1 aliphatic heterocycles. The van der Waals surface area contributed by atoms with E-state index in [-0.39, 0.29) is 18.4 Å². The van der Waals surface area contributed by atoms with Crippen LogP contribution in [0.15, 0.2) is 65.6 Å². The highest BCUT2D eigenvalue weighted by Crippen LogP contribution is 2.38. The highest BCUT2D eigenvalue weighted by Gasteiger charge is 2.33. The fourth-order valence-corrected chi connectivity index (χ4v) is 4.96. The molecule has 1 aliphatic rings. The van der Waals surface area contributed by atoms with Crippen LogP contribution in [0.2, 0.25) is 15.1 Å². The van der Waals surface area contributed by atoms with Gasteiger partial charge in [-0.15, -0.1) is 0 Å². The smallest absolute Gasteiger partial charge is 0.270 e. The molecule has 1 heterocycles. The first-order valence-corrected chi connectivity index (χ1v) is 12.6. The van der Waals surface area contributed by atoms with Gasteiger partial charge >= 0.3 is 0 Å². The number of rotatable bonds is 6. The normalized spacial score (nSPS) is 14.5. The molecule has 1 fully saturated rings. The van der Waals surface area contributed by atoms with E-state index in [2.05, 4.69) is 5.32 Å². The Bertz CT molecular complexity index is 1380. The number of carbonyl (C=O) groups is 2. The average Bonchev–Trinajstić information content (AvgIpc) is 3.10. The van der Waals surface area contributed by atoms with Crippen molar-refractivity contribution in [1.82, 2.24) is 0 Å². The Kier molecular flexibility index (Phi) is 8.04. The van der Waals surface area contributed by atoms with Crippen molar-refractivity contribution in [2.45, 2.75) is 6.92 Å². The number of nitrogens with one attached hydrogen (secondary N) is 1. The van der Waals surface area contributed by atoms with Crippen molar-refractivity contribution in [2.24, 2.45) is 0 Å². The van der Waals surface area contributed by atoms with E-state index in [1.165, 1.54) is 4.90 Å². The number of aryl methyl sites for hydroxylation is 1. The Balaban J connectivity index is 1.48. The predicted molar refractivity (Wildman–Crippen MR) is 149 cm³/mol. The van der Waals surface area contributed by atoms with Crippen LogP contribution in [0.4, 0.5) is 11.4 Å². The predicted octanol–water partition coefficient (Wildman–Crippen LogP) is 7.38. The summed E-state index contributed by atoms with van der Waals surface area (Å²) in [5.74, 6) is -0.183. The molecular weight excluding hydrogens is 547 g/mol. The van der Waals surface area contributed by atoms with E-state index in [9.17, 15) is 9.59 Å². The number of ether oxygens (including phenoxy) is 1. The summed E-state index contributed by atoms with van der Waals surface area (Å²) in [6, 6.07) is 17.3. The lowest BCUT2D eigenvalue weighted by Gasteiger charge is -2.15. The number of anilines is 2. The lowest BCUT2D eigenvalue weighted by atomic mass is 10.2. The molecule has 35 heavy (non-hydrogen) atoms. The SMILES string of the molecule is Cc1ccc(NC(=O)COc2ccccc2/C=C2\SC(=S)N(c3ccc(Cl)c(Cl)c3)C2=O)cc1Cl. The molecule has 0 saturated carbocycles. The van der Waals surface area contributed by atoms with Crippen molar-refractivity contribution in [3.8, 4) is 5.75 Å². The Morgan fingerprint density at radius 1 is 1.06 bits per heavy atom. The standard InChI is InChI=1S/C25H17Cl3N2O3S2/c1-14-6-7-16(11-19(14)27)29-23(31)13-33-21-5-3-2-4-15(21)10-22-24(32)30(25(34)35-22)17-8-9-18(26)20(28)12-17/h2-12H,13H2,1H3,(H,29,31)/b22-10-. The zero-order valence-electron chi connectivity index (χ0n) is 18.2. The minimum atomic E-state index is -0.342. The van der Waals surface area contributed by atoms with Crippen LogP contribution < -0.4 is 15.0 Å². The molecule has 0 aliphatic carbocycles. The summed E-state index contributed by atoms with van der Waals surface area (Å²) < 4.78 is 6.12. The van der Waals surface area contributed by atoms with Gasteiger partial charge in [0.25, 0.3) is 11.8 Å². The number of carbonyl (C=O) groups excluding carboxylic acids is 2. The maximum atomic E-state index is 13.1. The van der Waals surface area contributed by atoms with E-state index in [1.807, 2.05) is 19.1 Å². The van der Waals surface area contributed by atoms with Gasteiger partial charge in [-0.05, 0) is 55.0 Å². The van der Waals surface area contributed by atoms with Crippen LogP contribution in [-0.4, -0.2) is 22.7 Å². The summed E-state index contributed by atoms with van der Waals surface area (Å²) in [6.45, 7) is 1.66. The molecule has 178 valence electrons. The molecule has 1 N–H and O–H groups in total. The van der Waals surface area contributed by atoms with Gasteiger partial charge in [-0.25, -0.2) is 0 Å². The van der Waals surface area contributed by atoms with E-state index < -0.39 is 0 Å². The topological polar surface area (TPSA) is 58.6 Å². The third-order valence-corrected chi connectivity index (χ3v) is 7.42. The molecule has 2 amide bonds. The van der Waals surface area contributed by atoms with Gasteiger partial charge in [-0.3, -0.25) is 14.5 Å². The number of thioether (sulfide) groups is 1. The maximum Gasteiger partial charge on any atom is 0.270 e. The highest BCUT2D eigenvalue weighted by atomic mass is 35.5. The molecule has 10 heteroatoms. The van der Waals surface area contributed by atoms with Gasteiger partial charge in [-0.1, -0.05) is 83.0 Å². The third kappa shape index (κ3) is 6.00. The van der Waals surface area contributed by atoms with Crippen LogP contribution in [0.3, 0.4) is 0 Å². The number of thiocarbonyl (C=S) groups is 1. The van der Waals surface area contributed by atoms with Crippen LogP contribution in [-0.2, 0) is 9.59 Å². The van der Waals surface area contributed by atoms with Crippen LogP contribution in [0.1, 0.15) is 11.1 Å². The number of halogens is 3. The third-order valence-electron chi connectivity index (χ3n) is 4.98. The molecule has 0 radical (unpaired) electrons. The van der Waals surface area contributed by atoms with Gasteiger partial charge in [0.2, 0.25) is 0 Å². The van der Waals surface area contributed by atoms with Gasteiger partial charge in [0.15, 0.2) is 10.9 Å². The van der Waals surface area contributed by atoms with Gasteiger partial charge in [-0.2, -0.15) is 0 Å². The number of benzene rings is 3. The minimum absolute atomic E-state index is 0.222. The Hall–Kier alpha value is -2.55. The van der Waals surface area contributed by atoms with Gasteiger partial charge in [0, 0.05) is 16.3 Å². The number of hydrogen-bond donors (Lipinski definition) is 1. The molecule has 3 aromatic rings. The second-order valence-corrected chi connectivity index (χ2v) is 10.4.